The molecule has 0 aliphatic rings. The van der Waals surface area contributed by atoms with Gasteiger partial charge in [-0.15, -0.1) is 22.6 Å². The number of halogens is 2. The molecule has 0 radical (unpaired) electrons. The number of para-hydroxylation sites is 1. The molecule has 0 amide bonds. The molecule has 1 atom stereocenters. The summed E-state index contributed by atoms with van der Waals surface area (Å²) in [6.45, 7) is 4.72. The van der Waals surface area contributed by atoms with Gasteiger partial charge in [0.15, 0.2) is 5.82 Å². The fourth-order valence-corrected chi connectivity index (χ4v) is 2.17. The molecule has 2 rings (SSSR count). The standard InChI is InChI=1S/C17H24ClN5O3.ClH/c1-17(2,11-26-16-8-7-15(21-19)22-23-16)20-9-12(24)10-25-14-6-4-3-5-13(14)18;/h3-8,12,20,24H,9-11,19H2,1-2H3,(H,21,22);1H. The number of rotatable bonds is 10. The van der Waals surface area contributed by atoms with Crippen LogP contribution in [-0.2, 0) is 0 Å². The highest BCUT2D eigenvalue weighted by molar-refractivity contribution is 6.32. The SMILES string of the molecule is CC(C)(COc1ccc(NN)nn1)NCC(O)COc1ccccc1Cl.Cl. The van der Waals surface area contributed by atoms with E-state index in [-0.39, 0.29) is 19.0 Å². The molecule has 0 saturated heterocycles. The maximum Gasteiger partial charge on any atom is 0.233 e. The van der Waals surface area contributed by atoms with Gasteiger partial charge in [0.2, 0.25) is 5.88 Å². The Morgan fingerprint density at radius 1 is 1.19 bits per heavy atom. The summed E-state index contributed by atoms with van der Waals surface area (Å²) in [5.74, 6) is 6.63. The summed E-state index contributed by atoms with van der Waals surface area (Å²) >= 11 is 6.02. The Balaban J connectivity index is 0.00000364. The van der Waals surface area contributed by atoms with Gasteiger partial charge in [-0.05, 0) is 32.0 Å². The van der Waals surface area contributed by atoms with Crippen molar-refractivity contribution >= 4 is 29.8 Å². The molecule has 0 fully saturated rings. The zero-order valence-electron chi connectivity index (χ0n) is 15.2. The number of benzene rings is 1. The van der Waals surface area contributed by atoms with Gasteiger partial charge >= 0.3 is 0 Å². The lowest BCUT2D eigenvalue weighted by Crippen LogP contribution is -2.48. The third-order valence-electron chi connectivity index (χ3n) is 3.45. The second kappa shape index (κ2) is 11.1. The minimum atomic E-state index is -0.694. The van der Waals surface area contributed by atoms with E-state index < -0.39 is 11.6 Å². The van der Waals surface area contributed by atoms with Crippen molar-refractivity contribution in [3.63, 3.8) is 0 Å². The number of anilines is 1. The molecule has 150 valence electrons. The van der Waals surface area contributed by atoms with Crippen LogP contribution in [0.1, 0.15) is 13.8 Å². The molecule has 0 aliphatic heterocycles. The summed E-state index contributed by atoms with van der Waals surface area (Å²) in [6.07, 6.45) is -0.694. The third-order valence-corrected chi connectivity index (χ3v) is 3.77. The summed E-state index contributed by atoms with van der Waals surface area (Å²) in [5, 5.41) is 21.6. The number of hydrogen-bond acceptors (Lipinski definition) is 8. The minimum Gasteiger partial charge on any atom is -0.489 e. The summed E-state index contributed by atoms with van der Waals surface area (Å²) in [7, 11) is 0. The summed E-state index contributed by atoms with van der Waals surface area (Å²) in [6, 6.07) is 10.5. The maximum atomic E-state index is 10.1. The van der Waals surface area contributed by atoms with Crippen LogP contribution in [0.25, 0.3) is 0 Å². The molecule has 5 N–H and O–H groups in total. The molecule has 1 heterocycles. The first-order valence-corrected chi connectivity index (χ1v) is 8.51. The smallest absolute Gasteiger partial charge is 0.233 e. The molecule has 2 aromatic rings. The largest absolute Gasteiger partial charge is 0.489 e. The normalized spacial score (nSPS) is 12.0. The topological polar surface area (TPSA) is 115 Å². The van der Waals surface area contributed by atoms with Crippen LogP contribution in [-0.4, -0.2) is 46.7 Å². The second-order valence-electron chi connectivity index (χ2n) is 6.35. The molecule has 27 heavy (non-hydrogen) atoms. The molecular weight excluding hydrogens is 393 g/mol. The van der Waals surface area contributed by atoms with Gasteiger partial charge in [0, 0.05) is 18.2 Å². The van der Waals surface area contributed by atoms with Crippen LogP contribution in [0.3, 0.4) is 0 Å². The van der Waals surface area contributed by atoms with Gasteiger partial charge in [0.25, 0.3) is 0 Å². The summed E-state index contributed by atoms with van der Waals surface area (Å²) in [5.41, 5.74) is 2.01. The van der Waals surface area contributed by atoms with Crippen molar-refractivity contribution in [2.75, 3.05) is 25.2 Å². The molecule has 8 nitrogen and oxygen atoms in total. The number of nitrogens with one attached hydrogen (secondary N) is 2. The van der Waals surface area contributed by atoms with Crippen molar-refractivity contribution in [2.45, 2.75) is 25.5 Å². The van der Waals surface area contributed by atoms with Gasteiger partial charge in [0.05, 0.1) is 5.02 Å². The predicted molar refractivity (Wildman–Crippen MR) is 108 cm³/mol. The highest BCUT2D eigenvalue weighted by atomic mass is 35.5. The first kappa shape index (κ1) is 23.2. The monoisotopic (exact) mass is 417 g/mol. The van der Waals surface area contributed by atoms with Crippen LogP contribution in [0, 0.1) is 0 Å². The first-order chi connectivity index (χ1) is 12.4. The quantitative estimate of drug-likeness (QED) is 0.342. The van der Waals surface area contributed by atoms with Crippen molar-refractivity contribution in [3.05, 3.63) is 41.4 Å². The van der Waals surface area contributed by atoms with Gasteiger partial charge in [-0.1, -0.05) is 23.7 Å². The van der Waals surface area contributed by atoms with Crippen molar-refractivity contribution < 1.29 is 14.6 Å². The van der Waals surface area contributed by atoms with Crippen molar-refractivity contribution in [1.29, 1.82) is 0 Å². The Kier molecular flexibility index (Phi) is 9.54. The lowest BCUT2D eigenvalue weighted by atomic mass is 10.1. The van der Waals surface area contributed by atoms with Gasteiger partial charge < -0.3 is 25.3 Å². The van der Waals surface area contributed by atoms with Gasteiger partial charge in [-0.2, -0.15) is 0 Å². The highest BCUT2D eigenvalue weighted by Crippen LogP contribution is 2.23. The average molecular weight is 418 g/mol. The summed E-state index contributed by atoms with van der Waals surface area (Å²) < 4.78 is 11.1. The molecule has 1 aromatic heterocycles. The van der Waals surface area contributed by atoms with Crippen LogP contribution >= 0.6 is 24.0 Å². The molecule has 0 saturated carbocycles. The van der Waals surface area contributed by atoms with E-state index in [1.54, 1.807) is 24.3 Å². The number of nitrogens with two attached hydrogens (primary N) is 1. The van der Waals surface area contributed by atoms with Crippen LogP contribution in [0.2, 0.25) is 5.02 Å². The summed E-state index contributed by atoms with van der Waals surface area (Å²) in [4.78, 5) is 0. The fourth-order valence-electron chi connectivity index (χ4n) is 1.98. The van der Waals surface area contributed by atoms with Crippen molar-refractivity contribution in [1.82, 2.24) is 15.5 Å². The Bertz CT molecular complexity index is 689. The molecular formula is C17H25Cl2N5O3. The number of nitrogens with zero attached hydrogens (tertiary/aromatic N) is 2. The van der Waals surface area contributed by atoms with E-state index in [1.807, 2.05) is 26.0 Å². The Morgan fingerprint density at radius 2 is 1.93 bits per heavy atom. The number of aliphatic hydroxyl groups excluding tert-OH is 1. The first-order valence-electron chi connectivity index (χ1n) is 8.13. The zero-order valence-corrected chi connectivity index (χ0v) is 16.8. The van der Waals surface area contributed by atoms with Crippen molar-refractivity contribution in [2.24, 2.45) is 5.84 Å². The third kappa shape index (κ3) is 8.15. The van der Waals surface area contributed by atoms with Crippen LogP contribution in [0.4, 0.5) is 5.82 Å². The molecule has 0 spiro atoms. The molecule has 1 unspecified atom stereocenters. The van der Waals surface area contributed by atoms with E-state index in [2.05, 4.69) is 20.9 Å². The minimum absolute atomic E-state index is 0. The van der Waals surface area contributed by atoms with Crippen LogP contribution in [0.5, 0.6) is 11.6 Å². The number of β-amino-alcohol motifs (C(OH)–C–C–N with tert-alkyl or cyclic N) is 1. The highest BCUT2D eigenvalue weighted by Gasteiger charge is 2.20. The fraction of sp³-hybridized carbons (Fsp3) is 0.412. The molecule has 0 bridgehead atoms. The van der Waals surface area contributed by atoms with Gasteiger partial charge in [-0.3, -0.25) is 0 Å². The Hall–Kier alpha value is -1.84. The number of hydrazine groups is 1. The van der Waals surface area contributed by atoms with Crippen molar-refractivity contribution in [3.8, 4) is 11.6 Å². The van der Waals surface area contributed by atoms with E-state index in [0.717, 1.165) is 0 Å². The maximum absolute atomic E-state index is 10.1. The number of ether oxygens (including phenoxy) is 2. The Morgan fingerprint density at radius 3 is 2.56 bits per heavy atom. The van der Waals surface area contributed by atoms with E-state index in [9.17, 15) is 5.11 Å². The van der Waals surface area contributed by atoms with E-state index in [1.165, 1.54) is 0 Å². The number of aromatic nitrogens is 2. The van der Waals surface area contributed by atoms with E-state index >= 15 is 0 Å². The van der Waals surface area contributed by atoms with E-state index in [0.29, 0.717) is 35.6 Å². The van der Waals surface area contributed by atoms with E-state index in [4.69, 9.17) is 26.9 Å². The molecule has 1 aromatic carbocycles. The van der Waals surface area contributed by atoms with Crippen LogP contribution in [0.15, 0.2) is 36.4 Å². The predicted octanol–water partition coefficient (Wildman–Crippen LogP) is 2.02. The second-order valence-corrected chi connectivity index (χ2v) is 6.76. The number of aliphatic hydroxyl groups is 1. The molecule has 0 aliphatic carbocycles. The number of nitrogen functional groups attached to an aromatic ring is 1. The molecule has 10 heteroatoms. The Labute approximate surface area is 169 Å². The van der Waals surface area contributed by atoms with Gasteiger partial charge in [0.1, 0.15) is 25.1 Å². The average Bonchev–Trinajstić information content (AvgIpc) is 2.65. The van der Waals surface area contributed by atoms with Crippen LogP contribution < -0.4 is 26.1 Å². The lowest BCUT2D eigenvalue weighted by Gasteiger charge is -2.27. The lowest BCUT2D eigenvalue weighted by molar-refractivity contribution is 0.0923. The zero-order chi connectivity index (χ0) is 19.0. The van der Waals surface area contributed by atoms with Gasteiger partial charge in [-0.25, -0.2) is 5.84 Å². The number of hydrogen-bond donors (Lipinski definition) is 4.